The fraction of sp³-hybridized carbons (Fsp3) is 0.129. The molecule has 5 rings (SSSR count). The largest absolute Gasteiger partial charge is 0.383 e. The summed E-state index contributed by atoms with van der Waals surface area (Å²) in [5.74, 6) is 0.499. The van der Waals surface area contributed by atoms with E-state index in [0.717, 1.165) is 26.5 Å². The first-order valence-electron chi connectivity index (χ1n) is 11.7. The molecule has 0 unspecified atom stereocenters. The van der Waals surface area contributed by atoms with E-state index < -0.39 is 0 Å². The van der Waals surface area contributed by atoms with E-state index in [1.807, 2.05) is 19.9 Å². The molecule has 170 valence electrons. The Morgan fingerprint density at radius 1 is 0.735 bits per heavy atom. The van der Waals surface area contributed by atoms with Crippen molar-refractivity contribution >= 4 is 59.6 Å². The standard InChI is InChI=1S/C29H23BrN2.C2H6/c1-3-11-18(4-2)25-19-12-5-7-14-21(19)26(22-15-8-6-13-20(22)25)28-24-17-10-9-16-23(24)27(30)29(31)32-28;1-2/h3-17H,1-2H3,(H2,31,32);1-2H3/b11-3-,18-4+;. The third-order valence-electron chi connectivity index (χ3n) is 5.99. The van der Waals surface area contributed by atoms with Gasteiger partial charge in [0.1, 0.15) is 5.82 Å². The number of nitrogen functional groups attached to an aromatic ring is 1. The highest BCUT2D eigenvalue weighted by Crippen LogP contribution is 2.44. The Balaban J connectivity index is 0.00000133. The first-order valence-corrected chi connectivity index (χ1v) is 12.5. The average molecular weight is 509 g/mol. The molecule has 0 atom stereocenters. The molecule has 2 nitrogen and oxygen atoms in total. The van der Waals surface area contributed by atoms with Gasteiger partial charge in [0, 0.05) is 16.3 Å². The van der Waals surface area contributed by atoms with Crippen LogP contribution in [0.4, 0.5) is 5.82 Å². The van der Waals surface area contributed by atoms with E-state index in [4.69, 9.17) is 10.7 Å². The molecule has 0 aliphatic rings. The highest BCUT2D eigenvalue weighted by Gasteiger charge is 2.20. The Bertz CT molecular complexity index is 1500. The van der Waals surface area contributed by atoms with Crippen molar-refractivity contribution in [3.8, 4) is 11.3 Å². The number of aromatic nitrogens is 1. The van der Waals surface area contributed by atoms with E-state index in [-0.39, 0.29) is 0 Å². The molecule has 0 radical (unpaired) electrons. The summed E-state index contributed by atoms with van der Waals surface area (Å²) in [4.78, 5) is 4.90. The summed E-state index contributed by atoms with van der Waals surface area (Å²) in [6, 6.07) is 25.5. The van der Waals surface area contributed by atoms with Crippen molar-refractivity contribution in [2.24, 2.45) is 0 Å². The normalized spacial score (nSPS) is 11.9. The summed E-state index contributed by atoms with van der Waals surface area (Å²) in [7, 11) is 0. The first kappa shape index (κ1) is 23.7. The summed E-state index contributed by atoms with van der Waals surface area (Å²) in [6.07, 6.45) is 6.45. The quantitative estimate of drug-likeness (QED) is 0.194. The molecular weight excluding hydrogens is 480 g/mol. The molecule has 1 heterocycles. The van der Waals surface area contributed by atoms with Crippen molar-refractivity contribution in [2.75, 3.05) is 5.73 Å². The van der Waals surface area contributed by atoms with E-state index in [1.54, 1.807) is 0 Å². The van der Waals surface area contributed by atoms with Crippen molar-refractivity contribution in [1.29, 1.82) is 0 Å². The number of pyridine rings is 1. The lowest BCUT2D eigenvalue weighted by Gasteiger charge is -2.19. The molecule has 0 amide bonds. The van der Waals surface area contributed by atoms with Crippen molar-refractivity contribution in [3.05, 3.63) is 101 Å². The Hall–Kier alpha value is -3.43. The second-order valence-electron chi connectivity index (χ2n) is 7.79. The van der Waals surface area contributed by atoms with Crippen LogP contribution in [-0.4, -0.2) is 4.98 Å². The number of nitrogens with two attached hydrogens (primary N) is 1. The van der Waals surface area contributed by atoms with Crippen LogP contribution in [-0.2, 0) is 0 Å². The lowest BCUT2D eigenvalue weighted by Crippen LogP contribution is -1.99. The van der Waals surface area contributed by atoms with Gasteiger partial charge in [-0.1, -0.05) is 105 Å². The highest BCUT2D eigenvalue weighted by atomic mass is 79.9. The van der Waals surface area contributed by atoms with E-state index in [2.05, 4.69) is 115 Å². The summed E-state index contributed by atoms with van der Waals surface area (Å²) in [5, 5.41) is 6.90. The minimum atomic E-state index is 0.499. The molecule has 0 aliphatic heterocycles. The van der Waals surface area contributed by atoms with E-state index in [0.29, 0.717) is 5.82 Å². The molecule has 2 N–H and O–H groups in total. The molecule has 0 bridgehead atoms. The molecule has 3 heteroatoms. The predicted octanol–water partition coefficient (Wildman–Crippen LogP) is 9.56. The molecule has 1 aromatic heterocycles. The van der Waals surface area contributed by atoms with Gasteiger partial charge in [-0.2, -0.15) is 0 Å². The zero-order valence-corrected chi connectivity index (χ0v) is 21.6. The maximum Gasteiger partial charge on any atom is 0.139 e. The smallest absolute Gasteiger partial charge is 0.139 e. The van der Waals surface area contributed by atoms with E-state index >= 15 is 0 Å². The molecule has 4 aromatic carbocycles. The minimum absolute atomic E-state index is 0.499. The highest BCUT2D eigenvalue weighted by molar-refractivity contribution is 9.10. The van der Waals surface area contributed by atoms with Crippen LogP contribution in [0, 0.1) is 0 Å². The van der Waals surface area contributed by atoms with Gasteiger partial charge in [-0.15, -0.1) is 0 Å². The van der Waals surface area contributed by atoms with Gasteiger partial charge < -0.3 is 5.73 Å². The van der Waals surface area contributed by atoms with Crippen LogP contribution in [0.25, 0.3) is 49.1 Å². The topological polar surface area (TPSA) is 38.9 Å². The molecule has 5 aromatic rings. The van der Waals surface area contributed by atoms with Crippen LogP contribution in [0.2, 0.25) is 0 Å². The minimum Gasteiger partial charge on any atom is -0.383 e. The van der Waals surface area contributed by atoms with E-state index in [1.165, 1.54) is 32.7 Å². The molecule has 0 saturated carbocycles. The monoisotopic (exact) mass is 508 g/mol. The van der Waals surface area contributed by atoms with Gasteiger partial charge in [0.15, 0.2) is 0 Å². The van der Waals surface area contributed by atoms with Gasteiger partial charge in [0.05, 0.1) is 10.2 Å². The lowest BCUT2D eigenvalue weighted by molar-refractivity contribution is 1.36. The van der Waals surface area contributed by atoms with Crippen molar-refractivity contribution in [1.82, 2.24) is 4.98 Å². The zero-order chi connectivity index (χ0) is 24.2. The molecule has 0 saturated heterocycles. The fourth-order valence-corrected chi connectivity index (χ4v) is 5.07. The summed E-state index contributed by atoms with van der Waals surface area (Å²) in [6.45, 7) is 8.15. The van der Waals surface area contributed by atoms with Crippen LogP contribution < -0.4 is 5.73 Å². The number of hydrogen-bond acceptors (Lipinski definition) is 2. The Morgan fingerprint density at radius 3 is 1.71 bits per heavy atom. The summed E-state index contributed by atoms with van der Waals surface area (Å²) >= 11 is 3.64. The second-order valence-corrected chi connectivity index (χ2v) is 8.58. The second kappa shape index (κ2) is 10.2. The predicted molar refractivity (Wildman–Crippen MR) is 154 cm³/mol. The maximum absolute atomic E-state index is 6.38. The third-order valence-corrected chi connectivity index (χ3v) is 6.82. The number of allylic oxidation sites excluding steroid dienone is 4. The number of hydrogen-bond donors (Lipinski definition) is 1. The van der Waals surface area contributed by atoms with Crippen LogP contribution in [0.1, 0.15) is 33.3 Å². The Labute approximate surface area is 210 Å². The van der Waals surface area contributed by atoms with Gasteiger partial charge in [-0.3, -0.25) is 0 Å². The molecule has 34 heavy (non-hydrogen) atoms. The average Bonchev–Trinajstić information content (AvgIpc) is 2.89. The number of anilines is 1. The lowest BCUT2D eigenvalue weighted by atomic mass is 9.86. The van der Waals surface area contributed by atoms with Gasteiger partial charge in [0.25, 0.3) is 0 Å². The number of nitrogens with zero attached hydrogens (tertiary/aromatic N) is 1. The third kappa shape index (κ3) is 3.91. The zero-order valence-electron chi connectivity index (χ0n) is 20.1. The van der Waals surface area contributed by atoms with Crippen LogP contribution in [0.5, 0.6) is 0 Å². The maximum atomic E-state index is 6.38. The molecule has 0 spiro atoms. The van der Waals surface area contributed by atoms with Gasteiger partial charge in [-0.05, 0) is 62.5 Å². The molecule has 0 fully saturated rings. The fourth-order valence-electron chi connectivity index (χ4n) is 4.64. The van der Waals surface area contributed by atoms with Crippen molar-refractivity contribution in [2.45, 2.75) is 27.7 Å². The van der Waals surface area contributed by atoms with Gasteiger partial charge in [0.2, 0.25) is 0 Å². The Morgan fingerprint density at radius 2 is 1.21 bits per heavy atom. The number of fused-ring (bicyclic) bond motifs is 3. The summed E-state index contributed by atoms with van der Waals surface area (Å²) in [5.41, 5.74) is 10.9. The molecular formula is C31H29BrN2. The van der Waals surface area contributed by atoms with Crippen molar-refractivity contribution in [3.63, 3.8) is 0 Å². The Kier molecular flexibility index (Phi) is 7.14. The first-order chi connectivity index (χ1) is 16.7. The molecule has 0 aliphatic carbocycles. The van der Waals surface area contributed by atoms with Crippen LogP contribution in [0.15, 0.2) is 95.5 Å². The van der Waals surface area contributed by atoms with E-state index in [9.17, 15) is 0 Å². The van der Waals surface area contributed by atoms with Gasteiger partial charge in [-0.25, -0.2) is 4.98 Å². The summed E-state index contributed by atoms with van der Waals surface area (Å²) < 4.78 is 0.839. The number of benzene rings is 4. The van der Waals surface area contributed by atoms with Crippen molar-refractivity contribution < 1.29 is 0 Å². The van der Waals surface area contributed by atoms with Gasteiger partial charge >= 0.3 is 0 Å². The number of halogens is 1. The SMILES string of the molecule is C/C=C\C(=C/C)c1c2ccccc2c(-c2nc(N)c(Br)c3ccccc23)c2ccccc12.CC. The van der Waals surface area contributed by atoms with Crippen LogP contribution >= 0.6 is 15.9 Å². The van der Waals surface area contributed by atoms with Crippen LogP contribution in [0.3, 0.4) is 0 Å². The number of rotatable bonds is 3.